The molecule has 18 heavy (non-hydrogen) atoms. The van der Waals surface area contributed by atoms with E-state index in [0.717, 1.165) is 18.4 Å². The van der Waals surface area contributed by atoms with Gasteiger partial charge < -0.3 is 5.32 Å². The predicted octanol–water partition coefficient (Wildman–Crippen LogP) is 4.06. The third-order valence-corrected chi connectivity index (χ3v) is 3.53. The van der Waals surface area contributed by atoms with Gasteiger partial charge in [-0.15, -0.1) is 11.6 Å². The fraction of sp³-hybridized carbons (Fsp3) is 0.462. The molecule has 100 valence electrons. The number of carbonyl (C=O) groups is 1. The molecule has 1 rings (SSSR count). The standard InChI is InChI=1S/C13H16Cl3NO/c1-9(3-2-6-14)17-13(18)8-10-4-5-11(15)12(16)7-10/h4-5,7,9H,2-3,6,8H2,1H3,(H,17,18). The number of halogens is 3. The monoisotopic (exact) mass is 307 g/mol. The maximum Gasteiger partial charge on any atom is 0.224 e. The Hall–Kier alpha value is -0.440. The Balaban J connectivity index is 2.46. The van der Waals surface area contributed by atoms with Crippen LogP contribution in [0.15, 0.2) is 18.2 Å². The van der Waals surface area contributed by atoms with Crippen LogP contribution < -0.4 is 5.32 Å². The van der Waals surface area contributed by atoms with Crippen LogP contribution in [0.3, 0.4) is 0 Å². The molecule has 0 aliphatic carbocycles. The van der Waals surface area contributed by atoms with Crippen LogP contribution in [-0.4, -0.2) is 17.8 Å². The first-order chi connectivity index (χ1) is 8.52. The van der Waals surface area contributed by atoms with Crippen LogP contribution in [0.25, 0.3) is 0 Å². The van der Waals surface area contributed by atoms with Crippen molar-refractivity contribution in [3.05, 3.63) is 33.8 Å². The zero-order valence-corrected chi connectivity index (χ0v) is 12.4. The average Bonchev–Trinajstić information content (AvgIpc) is 2.31. The summed E-state index contributed by atoms with van der Waals surface area (Å²) >= 11 is 17.3. The molecule has 2 nitrogen and oxygen atoms in total. The van der Waals surface area contributed by atoms with Gasteiger partial charge in [0.05, 0.1) is 16.5 Å². The van der Waals surface area contributed by atoms with Crippen LogP contribution >= 0.6 is 34.8 Å². The van der Waals surface area contributed by atoms with Gasteiger partial charge in [0.2, 0.25) is 5.91 Å². The highest BCUT2D eigenvalue weighted by Crippen LogP contribution is 2.22. The fourth-order valence-corrected chi connectivity index (χ4v) is 2.09. The van der Waals surface area contributed by atoms with Gasteiger partial charge in [0, 0.05) is 11.9 Å². The van der Waals surface area contributed by atoms with E-state index in [-0.39, 0.29) is 11.9 Å². The largest absolute Gasteiger partial charge is 0.353 e. The maximum absolute atomic E-state index is 11.8. The molecule has 5 heteroatoms. The van der Waals surface area contributed by atoms with E-state index in [1.807, 2.05) is 6.92 Å². The minimum Gasteiger partial charge on any atom is -0.353 e. The number of nitrogens with one attached hydrogen (secondary N) is 1. The zero-order valence-electron chi connectivity index (χ0n) is 10.2. The van der Waals surface area contributed by atoms with Gasteiger partial charge >= 0.3 is 0 Å². The molecule has 1 aromatic rings. The first-order valence-corrected chi connectivity index (χ1v) is 7.11. The summed E-state index contributed by atoms with van der Waals surface area (Å²) in [6, 6.07) is 5.35. The van der Waals surface area contributed by atoms with Crippen molar-refractivity contribution in [3.63, 3.8) is 0 Å². The molecular weight excluding hydrogens is 293 g/mol. The highest BCUT2D eigenvalue weighted by atomic mass is 35.5. The summed E-state index contributed by atoms with van der Waals surface area (Å²) in [6.07, 6.45) is 2.09. The lowest BCUT2D eigenvalue weighted by molar-refractivity contribution is -0.121. The summed E-state index contributed by atoms with van der Waals surface area (Å²) < 4.78 is 0. The molecule has 0 spiro atoms. The number of rotatable bonds is 6. The first kappa shape index (κ1) is 15.6. The van der Waals surface area contributed by atoms with Gasteiger partial charge in [-0.05, 0) is 37.5 Å². The number of benzene rings is 1. The highest BCUT2D eigenvalue weighted by molar-refractivity contribution is 6.42. The maximum atomic E-state index is 11.8. The smallest absolute Gasteiger partial charge is 0.224 e. The molecule has 0 saturated heterocycles. The van der Waals surface area contributed by atoms with Crippen molar-refractivity contribution >= 4 is 40.7 Å². The van der Waals surface area contributed by atoms with Crippen LogP contribution in [0.1, 0.15) is 25.3 Å². The molecule has 0 aliphatic rings. The number of hydrogen-bond donors (Lipinski definition) is 1. The summed E-state index contributed by atoms with van der Waals surface area (Å²) in [5, 5.41) is 3.89. The van der Waals surface area contributed by atoms with Crippen LogP contribution in [0, 0.1) is 0 Å². The van der Waals surface area contributed by atoms with E-state index < -0.39 is 0 Å². The van der Waals surface area contributed by atoms with Gasteiger partial charge in [0.15, 0.2) is 0 Å². The van der Waals surface area contributed by atoms with E-state index in [0.29, 0.717) is 22.3 Å². The molecule has 0 fully saturated rings. The molecule has 0 saturated carbocycles. The summed E-state index contributed by atoms with van der Waals surface area (Å²) in [4.78, 5) is 11.8. The Morgan fingerprint density at radius 1 is 1.33 bits per heavy atom. The van der Waals surface area contributed by atoms with Gasteiger partial charge in [-0.25, -0.2) is 0 Å². The van der Waals surface area contributed by atoms with E-state index in [1.165, 1.54) is 0 Å². The molecule has 0 heterocycles. The fourth-order valence-electron chi connectivity index (χ4n) is 1.62. The molecule has 1 N–H and O–H groups in total. The number of amides is 1. The summed E-state index contributed by atoms with van der Waals surface area (Å²) in [5.41, 5.74) is 0.853. The van der Waals surface area contributed by atoms with Gasteiger partial charge in [-0.1, -0.05) is 29.3 Å². The predicted molar refractivity (Wildman–Crippen MR) is 77.7 cm³/mol. The van der Waals surface area contributed by atoms with Crippen molar-refractivity contribution in [1.82, 2.24) is 5.32 Å². The van der Waals surface area contributed by atoms with Crippen LogP contribution in [0.5, 0.6) is 0 Å². The van der Waals surface area contributed by atoms with E-state index in [2.05, 4.69) is 5.32 Å². The van der Waals surface area contributed by atoms with Crippen molar-refractivity contribution in [1.29, 1.82) is 0 Å². The first-order valence-electron chi connectivity index (χ1n) is 5.82. The molecule has 0 bridgehead atoms. The molecule has 1 unspecified atom stereocenters. The van der Waals surface area contributed by atoms with Crippen LogP contribution in [0.4, 0.5) is 0 Å². The Bertz CT molecular complexity index is 409. The van der Waals surface area contributed by atoms with E-state index in [4.69, 9.17) is 34.8 Å². The molecule has 1 amide bonds. The Morgan fingerprint density at radius 3 is 2.67 bits per heavy atom. The Morgan fingerprint density at radius 2 is 2.06 bits per heavy atom. The SMILES string of the molecule is CC(CCCCl)NC(=O)Cc1ccc(Cl)c(Cl)c1. The lowest BCUT2D eigenvalue weighted by Gasteiger charge is -2.13. The van der Waals surface area contributed by atoms with Crippen molar-refractivity contribution in [2.45, 2.75) is 32.2 Å². The normalized spacial score (nSPS) is 12.2. The van der Waals surface area contributed by atoms with Crippen LogP contribution in [0.2, 0.25) is 10.0 Å². The number of carbonyl (C=O) groups excluding carboxylic acids is 1. The summed E-state index contributed by atoms with van der Waals surface area (Å²) in [6.45, 7) is 1.97. The second-order valence-electron chi connectivity index (χ2n) is 4.23. The molecule has 1 aromatic carbocycles. The molecule has 0 radical (unpaired) electrons. The molecule has 1 atom stereocenters. The third-order valence-electron chi connectivity index (χ3n) is 2.53. The van der Waals surface area contributed by atoms with Gasteiger partial charge in [0.1, 0.15) is 0 Å². The number of hydrogen-bond acceptors (Lipinski definition) is 1. The highest BCUT2D eigenvalue weighted by Gasteiger charge is 2.09. The molecule has 0 aliphatic heterocycles. The van der Waals surface area contributed by atoms with E-state index in [1.54, 1.807) is 18.2 Å². The summed E-state index contributed by atoms with van der Waals surface area (Å²) in [7, 11) is 0. The molecule has 0 aromatic heterocycles. The Labute approximate surface area is 123 Å². The Kier molecular flexibility index (Phi) is 6.83. The van der Waals surface area contributed by atoms with Crippen molar-refractivity contribution in [2.75, 3.05) is 5.88 Å². The quantitative estimate of drug-likeness (QED) is 0.789. The zero-order chi connectivity index (χ0) is 13.5. The van der Waals surface area contributed by atoms with Gasteiger partial charge in [0.25, 0.3) is 0 Å². The average molecular weight is 309 g/mol. The minimum atomic E-state index is -0.0181. The second-order valence-corrected chi connectivity index (χ2v) is 5.42. The minimum absolute atomic E-state index is 0.0181. The topological polar surface area (TPSA) is 29.1 Å². The second kappa shape index (κ2) is 7.88. The van der Waals surface area contributed by atoms with Crippen molar-refractivity contribution < 1.29 is 4.79 Å². The van der Waals surface area contributed by atoms with Gasteiger partial charge in [-0.3, -0.25) is 4.79 Å². The van der Waals surface area contributed by atoms with Gasteiger partial charge in [-0.2, -0.15) is 0 Å². The third kappa shape index (κ3) is 5.47. The molecular formula is C13H16Cl3NO. The van der Waals surface area contributed by atoms with Crippen molar-refractivity contribution in [2.24, 2.45) is 0 Å². The lowest BCUT2D eigenvalue weighted by atomic mass is 10.1. The number of alkyl halides is 1. The summed E-state index contributed by atoms with van der Waals surface area (Å²) in [5.74, 6) is 0.600. The van der Waals surface area contributed by atoms with E-state index >= 15 is 0 Å². The van der Waals surface area contributed by atoms with E-state index in [9.17, 15) is 4.79 Å². The van der Waals surface area contributed by atoms with Crippen molar-refractivity contribution in [3.8, 4) is 0 Å². The lowest BCUT2D eigenvalue weighted by Crippen LogP contribution is -2.33. The van der Waals surface area contributed by atoms with Crippen LogP contribution in [-0.2, 0) is 11.2 Å².